The molecule has 1 amide bonds. The van der Waals surface area contributed by atoms with Crippen LogP contribution in [0.3, 0.4) is 0 Å². The Morgan fingerprint density at radius 2 is 1.91 bits per heavy atom. The van der Waals surface area contributed by atoms with Crippen LogP contribution >= 0.6 is 0 Å². The van der Waals surface area contributed by atoms with Crippen molar-refractivity contribution in [1.82, 2.24) is 5.32 Å². The van der Waals surface area contributed by atoms with Crippen molar-refractivity contribution < 1.29 is 24.2 Å². The number of phenols is 1. The summed E-state index contributed by atoms with van der Waals surface area (Å²) in [4.78, 5) is 23.6. The molecule has 1 atom stereocenters. The maximum Gasteiger partial charge on any atom is 0.325 e. The minimum absolute atomic E-state index is 0.187. The lowest BCUT2D eigenvalue weighted by molar-refractivity contribution is -0.144. The zero-order valence-electron chi connectivity index (χ0n) is 14.2. The first kappa shape index (κ1) is 17.1. The summed E-state index contributed by atoms with van der Waals surface area (Å²) in [6.07, 6.45) is 1.09. The van der Waals surface area contributed by atoms with Gasteiger partial charge in [-0.25, -0.2) is 0 Å². The third-order valence-electron chi connectivity index (χ3n) is 4.62. The van der Waals surface area contributed by atoms with Crippen LogP contribution in [0.5, 0.6) is 11.5 Å². The third-order valence-corrected chi connectivity index (χ3v) is 4.62. The van der Waals surface area contributed by atoms with E-state index in [-0.39, 0.29) is 18.2 Å². The molecule has 0 radical (unpaired) electrons. The highest BCUT2D eigenvalue weighted by atomic mass is 16.5. The number of nitrogens with one attached hydrogen (secondary N) is 1. The fraction of sp³-hybridized carbons (Fsp3) is 0.529. The lowest BCUT2D eigenvalue weighted by Crippen LogP contribution is -2.52. The zero-order chi connectivity index (χ0) is 17.4. The molecule has 0 saturated heterocycles. The number of fused-ring (bicyclic) bond motifs is 1. The second-order valence-corrected chi connectivity index (χ2v) is 6.12. The van der Waals surface area contributed by atoms with Gasteiger partial charge in [-0.2, -0.15) is 0 Å². The van der Waals surface area contributed by atoms with Crippen molar-refractivity contribution in [3.63, 3.8) is 0 Å². The fourth-order valence-corrected chi connectivity index (χ4v) is 2.82. The van der Waals surface area contributed by atoms with E-state index in [1.165, 1.54) is 7.11 Å². The van der Waals surface area contributed by atoms with Crippen LogP contribution in [0.4, 0.5) is 0 Å². The van der Waals surface area contributed by atoms with Crippen molar-refractivity contribution in [3.8, 4) is 11.5 Å². The van der Waals surface area contributed by atoms with E-state index in [2.05, 4.69) is 10.1 Å². The molecule has 1 unspecified atom stereocenters. The van der Waals surface area contributed by atoms with Crippen molar-refractivity contribution in [1.29, 1.82) is 0 Å². The summed E-state index contributed by atoms with van der Waals surface area (Å²) in [6, 6.07) is 0. The monoisotopic (exact) mass is 321 g/mol. The smallest absolute Gasteiger partial charge is 0.325 e. The Bertz CT molecular complexity index is 668. The Hall–Kier alpha value is -2.24. The van der Waals surface area contributed by atoms with Crippen LogP contribution in [-0.2, 0) is 20.7 Å². The summed E-state index contributed by atoms with van der Waals surface area (Å²) in [7, 11) is 1.27. The van der Waals surface area contributed by atoms with E-state index in [4.69, 9.17) is 4.74 Å². The molecule has 0 saturated carbocycles. The first-order valence-corrected chi connectivity index (χ1v) is 7.57. The molecule has 6 nitrogen and oxygen atoms in total. The Morgan fingerprint density at radius 1 is 1.26 bits per heavy atom. The van der Waals surface area contributed by atoms with Crippen LogP contribution in [0.2, 0.25) is 0 Å². The van der Waals surface area contributed by atoms with Gasteiger partial charge >= 0.3 is 5.97 Å². The van der Waals surface area contributed by atoms with E-state index >= 15 is 0 Å². The van der Waals surface area contributed by atoms with E-state index in [1.54, 1.807) is 6.92 Å². The maximum atomic E-state index is 12.4. The van der Waals surface area contributed by atoms with E-state index < -0.39 is 11.6 Å². The molecule has 2 N–H and O–H groups in total. The molecule has 0 aromatic heterocycles. The number of carbonyl (C=O) groups is 2. The van der Waals surface area contributed by atoms with Crippen LogP contribution in [0.25, 0.3) is 0 Å². The molecule has 0 bridgehead atoms. The zero-order valence-corrected chi connectivity index (χ0v) is 14.2. The summed E-state index contributed by atoms with van der Waals surface area (Å²) >= 11 is 0. The van der Waals surface area contributed by atoms with Gasteiger partial charge in [-0.15, -0.1) is 0 Å². The normalized spacial score (nSPS) is 19.5. The number of amides is 1. The van der Waals surface area contributed by atoms with E-state index in [0.29, 0.717) is 18.6 Å². The third kappa shape index (κ3) is 2.98. The summed E-state index contributed by atoms with van der Waals surface area (Å²) in [5, 5.41) is 12.7. The van der Waals surface area contributed by atoms with Gasteiger partial charge in [0.25, 0.3) is 5.91 Å². The number of rotatable bonds is 3. The minimum atomic E-state index is -1.05. The summed E-state index contributed by atoms with van der Waals surface area (Å²) in [6.45, 7) is 7.06. The molecule has 1 heterocycles. The predicted molar refractivity (Wildman–Crippen MR) is 84.7 cm³/mol. The van der Waals surface area contributed by atoms with Gasteiger partial charge in [0.2, 0.25) is 0 Å². The highest BCUT2D eigenvalue weighted by Crippen LogP contribution is 2.43. The van der Waals surface area contributed by atoms with Crippen molar-refractivity contribution in [2.24, 2.45) is 0 Å². The average Bonchev–Trinajstić information content (AvgIpc) is 2.55. The van der Waals surface area contributed by atoms with Gasteiger partial charge in [0.15, 0.2) is 5.60 Å². The van der Waals surface area contributed by atoms with Crippen LogP contribution in [0.1, 0.15) is 35.6 Å². The molecule has 1 aliphatic heterocycles. The van der Waals surface area contributed by atoms with Crippen molar-refractivity contribution in [2.75, 3.05) is 13.7 Å². The Labute approximate surface area is 135 Å². The summed E-state index contributed by atoms with van der Waals surface area (Å²) in [5.74, 6) is 0.0747. The molecule has 0 aliphatic carbocycles. The average molecular weight is 321 g/mol. The number of benzene rings is 1. The quantitative estimate of drug-likeness (QED) is 0.828. The van der Waals surface area contributed by atoms with Crippen molar-refractivity contribution >= 4 is 11.9 Å². The van der Waals surface area contributed by atoms with Crippen LogP contribution in [0.15, 0.2) is 0 Å². The molecule has 1 aromatic carbocycles. The molecule has 6 heteroatoms. The number of carbonyl (C=O) groups excluding carboxylic acids is 2. The highest BCUT2D eigenvalue weighted by Gasteiger charge is 2.40. The lowest BCUT2D eigenvalue weighted by Gasteiger charge is -2.36. The number of hydrogen-bond donors (Lipinski definition) is 2. The molecule has 2 rings (SSSR count). The molecule has 126 valence electrons. The van der Waals surface area contributed by atoms with E-state index in [9.17, 15) is 14.7 Å². The first-order valence-electron chi connectivity index (χ1n) is 7.57. The summed E-state index contributed by atoms with van der Waals surface area (Å²) in [5.41, 5.74) is 2.25. The van der Waals surface area contributed by atoms with Crippen LogP contribution < -0.4 is 10.1 Å². The second-order valence-electron chi connectivity index (χ2n) is 6.12. The molecule has 23 heavy (non-hydrogen) atoms. The van der Waals surface area contributed by atoms with E-state index in [1.807, 2.05) is 20.8 Å². The second kappa shape index (κ2) is 6.10. The summed E-state index contributed by atoms with van der Waals surface area (Å²) < 4.78 is 10.5. The number of esters is 1. The minimum Gasteiger partial charge on any atom is -0.507 e. The number of aromatic hydroxyl groups is 1. The van der Waals surface area contributed by atoms with Gasteiger partial charge in [0.05, 0.1) is 7.11 Å². The lowest BCUT2D eigenvalue weighted by atomic mass is 9.86. The molecule has 1 aliphatic rings. The number of methoxy groups -OCH3 is 1. The van der Waals surface area contributed by atoms with Gasteiger partial charge in [-0.1, -0.05) is 0 Å². The molecular weight excluding hydrogens is 298 g/mol. The fourth-order valence-electron chi connectivity index (χ4n) is 2.82. The Morgan fingerprint density at radius 3 is 2.52 bits per heavy atom. The van der Waals surface area contributed by atoms with Gasteiger partial charge in [-0.05, 0) is 50.8 Å². The van der Waals surface area contributed by atoms with Gasteiger partial charge in [0, 0.05) is 12.0 Å². The Balaban J connectivity index is 2.28. The largest absolute Gasteiger partial charge is 0.507 e. The van der Waals surface area contributed by atoms with Crippen molar-refractivity contribution in [2.45, 2.75) is 46.1 Å². The number of phenolic OH excluding ortho intramolecular Hbond substituents is 1. The van der Waals surface area contributed by atoms with Crippen LogP contribution in [-0.4, -0.2) is 36.2 Å². The molecule has 0 spiro atoms. The Kier molecular flexibility index (Phi) is 4.54. The standard InChI is InChI=1S/C17H23NO5/c1-9-10(2)15-12(11(3)14(9)20)6-7-17(4,23-15)16(21)18-8-13(19)22-5/h20H,6-8H2,1-5H3,(H,18,21). The van der Waals surface area contributed by atoms with Gasteiger partial charge in [-0.3, -0.25) is 9.59 Å². The predicted octanol–water partition coefficient (Wildman–Crippen LogP) is 1.69. The maximum absolute atomic E-state index is 12.4. The number of hydrogen-bond acceptors (Lipinski definition) is 5. The highest BCUT2D eigenvalue weighted by molar-refractivity contribution is 5.88. The van der Waals surface area contributed by atoms with Crippen molar-refractivity contribution in [3.05, 3.63) is 22.3 Å². The first-order chi connectivity index (χ1) is 10.7. The number of ether oxygens (including phenoxy) is 2. The molecular formula is C17H23NO5. The topological polar surface area (TPSA) is 84.9 Å². The van der Waals surface area contributed by atoms with E-state index in [0.717, 1.165) is 22.3 Å². The van der Waals surface area contributed by atoms with Gasteiger partial charge in [0.1, 0.15) is 18.0 Å². The molecule has 0 fully saturated rings. The van der Waals surface area contributed by atoms with Crippen LogP contribution in [0, 0.1) is 20.8 Å². The van der Waals surface area contributed by atoms with Gasteiger partial charge < -0.3 is 19.9 Å². The SMILES string of the molecule is COC(=O)CNC(=O)C1(C)CCc2c(C)c(O)c(C)c(C)c2O1. The molecule has 1 aromatic rings.